The summed E-state index contributed by atoms with van der Waals surface area (Å²) in [6.45, 7) is 2.44. The second kappa shape index (κ2) is 7.72. The van der Waals surface area contributed by atoms with Gasteiger partial charge >= 0.3 is 5.97 Å². The standard InChI is InChI=1S/C25H21N3O3/c1-16(29)31-12-6-11-28-15-20(19-9-4-5-10-23(19)28)24-25(30)27-22-14-18-8-3-2-7-17(18)13-21(22)26-24/h2-5,7-10,13-15H,6,11-12H2,1H3,(H,27,30). The van der Waals surface area contributed by atoms with E-state index in [1.54, 1.807) is 0 Å². The maximum absolute atomic E-state index is 13.0. The number of carbonyl (C=O) groups excluding carboxylic acids is 1. The molecule has 0 spiro atoms. The molecule has 0 fully saturated rings. The molecule has 2 aromatic heterocycles. The number of aromatic nitrogens is 3. The Balaban J connectivity index is 1.61. The molecule has 154 valence electrons. The monoisotopic (exact) mass is 411 g/mol. The van der Waals surface area contributed by atoms with Gasteiger partial charge in [-0.25, -0.2) is 4.98 Å². The minimum atomic E-state index is -0.280. The van der Waals surface area contributed by atoms with Gasteiger partial charge in [-0.1, -0.05) is 42.5 Å². The van der Waals surface area contributed by atoms with Crippen LogP contribution in [-0.4, -0.2) is 27.1 Å². The number of aryl methyl sites for hydroxylation is 1. The van der Waals surface area contributed by atoms with Crippen LogP contribution in [0.4, 0.5) is 0 Å². The Kier molecular flexibility index (Phi) is 4.75. The first kappa shape index (κ1) is 19.1. The molecule has 1 N–H and O–H groups in total. The van der Waals surface area contributed by atoms with Crippen molar-refractivity contribution < 1.29 is 9.53 Å². The Labute approximate surface area is 178 Å². The highest BCUT2D eigenvalue weighted by Crippen LogP contribution is 2.29. The second-order valence-electron chi connectivity index (χ2n) is 7.58. The number of nitrogens with zero attached hydrogens (tertiary/aromatic N) is 2. The summed E-state index contributed by atoms with van der Waals surface area (Å²) >= 11 is 0. The molecule has 0 unspecified atom stereocenters. The van der Waals surface area contributed by atoms with E-state index in [0.29, 0.717) is 25.3 Å². The first-order valence-corrected chi connectivity index (χ1v) is 10.2. The predicted octanol–water partition coefficient (Wildman–Crippen LogP) is 4.65. The molecule has 0 aliphatic heterocycles. The summed E-state index contributed by atoms with van der Waals surface area (Å²) in [4.78, 5) is 31.7. The summed E-state index contributed by atoms with van der Waals surface area (Å²) in [6, 6.07) is 19.9. The van der Waals surface area contributed by atoms with Crippen molar-refractivity contribution in [2.45, 2.75) is 19.9 Å². The molecule has 0 saturated carbocycles. The van der Waals surface area contributed by atoms with Gasteiger partial charge in [0.1, 0.15) is 5.69 Å². The minimum absolute atomic E-state index is 0.217. The molecular formula is C25H21N3O3. The van der Waals surface area contributed by atoms with Crippen LogP contribution in [0.15, 0.2) is 71.7 Å². The van der Waals surface area contributed by atoms with Gasteiger partial charge in [0.05, 0.1) is 17.6 Å². The first-order chi connectivity index (χ1) is 15.1. The maximum Gasteiger partial charge on any atom is 0.302 e. The van der Waals surface area contributed by atoms with Crippen molar-refractivity contribution in [3.63, 3.8) is 0 Å². The number of hydrogen-bond donors (Lipinski definition) is 1. The molecular weight excluding hydrogens is 390 g/mol. The van der Waals surface area contributed by atoms with Crippen LogP contribution in [0.25, 0.3) is 44.0 Å². The van der Waals surface area contributed by atoms with Crippen molar-refractivity contribution in [3.05, 3.63) is 77.2 Å². The van der Waals surface area contributed by atoms with E-state index in [1.807, 2.05) is 66.9 Å². The molecule has 0 amide bonds. The third-order valence-corrected chi connectivity index (χ3v) is 5.45. The number of hydrogen-bond acceptors (Lipinski definition) is 4. The number of esters is 1. The zero-order valence-electron chi connectivity index (χ0n) is 17.1. The van der Waals surface area contributed by atoms with Crippen LogP contribution < -0.4 is 5.56 Å². The number of benzene rings is 3. The van der Waals surface area contributed by atoms with Crippen molar-refractivity contribution in [3.8, 4) is 11.3 Å². The Morgan fingerprint density at radius 3 is 2.61 bits per heavy atom. The van der Waals surface area contributed by atoms with Crippen LogP contribution in [0.2, 0.25) is 0 Å². The molecule has 3 aromatic carbocycles. The fraction of sp³-hybridized carbons (Fsp3) is 0.160. The highest BCUT2D eigenvalue weighted by Gasteiger charge is 2.15. The van der Waals surface area contributed by atoms with Crippen LogP contribution in [0.3, 0.4) is 0 Å². The molecule has 5 rings (SSSR count). The molecule has 5 aromatic rings. The highest BCUT2D eigenvalue weighted by atomic mass is 16.5. The fourth-order valence-electron chi connectivity index (χ4n) is 4.03. The van der Waals surface area contributed by atoms with Crippen LogP contribution in [0, 0.1) is 0 Å². The second-order valence-corrected chi connectivity index (χ2v) is 7.58. The van der Waals surface area contributed by atoms with Gasteiger partial charge in [0.25, 0.3) is 5.56 Å². The zero-order chi connectivity index (χ0) is 21.4. The van der Waals surface area contributed by atoms with Crippen molar-refractivity contribution in [2.24, 2.45) is 0 Å². The lowest BCUT2D eigenvalue weighted by Gasteiger charge is -2.05. The van der Waals surface area contributed by atoms with Gasteiger partial charge in [-0.15, -0.1) is 0 Å². The van der Waals surface area contributed by atoms with Gasteiger partial charge in [0, 0.05) is 36.1 Å². The average Bonchev–Trinajstić information content (AvgIpc) is 3.13. The molecule has 0 bridgehead atoms. The van der Waals surface area contributed by atoms with Gasteiger partial charge in [-0.3, -0.25) is 9.59 Å². The molecule has 0 atom stereocenters. The lowest BCUT2D eigenvalue weighted by molar-refractivity contribution is -0.141. The number of para-hydroxylation sites is 1. The Bertz CT molecular complexity index is 1500. The van der Waals surface area contributed by atoms with E-state index in [-0.39, 0.29) is 11.5 Å². The molecule has 6 heteroatoms. The molecule has 31 heavy (non-hydrogen) atoms. The van der Waals surface area contributed by atoms with Crippen LogP contribution >= 0.6 is 0 Å². The van der Waals surface area contributed by atoms with E-state index < -0.39 is 0 Å². The van der Waals surface area contributed by atoms with Crippen LogP contribution in [0.1, 0.15) is 13.3 Å². The molecule has 0 aliphatic rings. The Morgan fingerprint density at radius 2 is 1.81 bits per heavy atom. The van der Waals surface area contributed by atoms with Crippen molar-refractivity contribution in [1.29, 1.82) is 0 Å². The van der Waals surface area contributed by atoms with E-state index >= 15 is 0 Å². The van der Waals surface area contributed by atoms with Gasteiger partial charge in [-0.05, 0) is 35.4 Å². The molecule has 6 nitrogen and oxygen atoms in total. The van der Waals surface area contributed by atoms with E-state index in [4.69, 9.17) is 9.72 Å². The SMILES string of the molecule is CC(=O)OCCCn1cc(-c2nc3cc4ccccc4cc3[nH]c2=O)c2ccccc21. The van der Waals surface area contributed by atoms with E-state index in [2.05, 4.69) is 9.55 Å². The van der Waals surface area contributed by atoms with Gasteiger partial charge < -0.3 is 14.3 Å². The number of carbonyl (C=O) groups is 1. The lowest BCUT2D eigenvalue weighted by atomic mass is 10.1. The number of nitrogens with one attached hydrogen (secondary N) is 1. The molecule has 0 radical (unpaired) electrons. The van der Waals surface area contributed by atoms with Gasteiger partial charge in [0.15, 0.2) is 0 Å². The smallest absolute Gasteiger partial charge is 0.302 e. The summed E-state index contributed by atoms with van der Waals surface area (Å²) in [7, 11) is 0. The van der Waals surface area contributed by atoms with E-state index in [9.17, 15) is 9.59 Å². The highest BCUT2D eigenvalue weighted by molar-refractivity contribution is 5.98. The minimum Gasteiger partial charge on any atom is -0.466 e. The van der Waals surface area contributed by atoms with Crippen molar-refractivity contribution >= 4 is 38.7 Å². The average molecular weight is 411 g/mol. The quantitative estimate of drug-likeness (QED) is 0.259. The summed E-state index contributed by atoms with van der Waals surface area (Å²) in [5.74, 6) is -0.280. The summed E-state index contributed by atoms with van der Waals surface area (Å²) in [5, 5.41) is 3.10. The number of H-pyrrole nitrogens is 1. The third kappa shape index (κ3) is 3.57. The number of fused-ring (bicyclic) bond motifs is 3. The Morgan fingerprint density at radius 1 is 1.06 bits per heavy atom. The van der Waals surface area contributed by atoms with Crippen molar-refractivity contribution in [2.75, 3.05) is 6.61 Å². The zero-order valence-corrected chi connectivity index (χ0v) is 17.1. The van der Waals surface area contributed by atoms with Gasteiger partial charge in [0.2, 0.25) is 0 Å². The topological polar surface area (TPSA) is 77.0 Å². The lowest BCUT2D eigenvalue weighted by Crippen LogP contribution is -2.11. The first-order valence-electron chi connectivity index (χ1n) is 10.2. The van der Waals surface area contributed by atoms with Crippen LogP contribution in [-0.2, 0) is 16.1 Å². The molecule has 0 saturated heterocycles. The summed E-state index contributed by atoms with van der Waals surface area (Å²) < 4.78 is 7.13. The van der Waals surface area contributed by atoms with Crippen LogP contribution in [0.5, 0.6) is 0 Å². The summed E-state index contributed by atoms with van der Waals surface area (Å²) in [5.41, 5.74) is 3.46. The number of rotatable bonds is 5. The molecule has 2 heterocycles. The number of aromatic amines is 1. The fourth-order valence-corrected chi connectivity index (χ4v) is 4.03. The maximum atomic E-state index is 13.0. The largest absolute Gasteiger partial charge is 0.466 e. The molecule has 0 aliphatic carbocycles. The van der Waals surface area contributed by atoms with Crippen molar-refractivity contribution in [1.82, 2.24) is 14.5 Å². The van der Waals surface area contributed by atoms with E-state index in [1.165, 1.54) is 6.92 Å². The third-order valence-electron chi connectivity index (χ3n) is 5.45. The van der Waals surface area contributed by atoms with E-state index in [0.717, 1.165) is 38.3 Å². The predicted molar refractivity (Wildman–Crippen MR) is 122 cm³/mol. The normalized spacial score (nSPS) is 11.4. The summed E-state index contributed by atoms with van der Waals surface area (Å²) in [6.07, 6.45) is 2.65. The number of ether oxygens (including phenoxy) is 1. The van der Waals surface area contributed by atoms with Gasteiger partial charge in [-0.2, -0.15) is 0 Å². The Hall–Kier alpha value is -3.93.